The van der Waals surface area contributed by atoms with Crippen LogP contribution in [-0.4, -0.2) is 139 Å². The molecule has 3 N–H and O–H groups in total. The van der Waals surface area contributed by atoms with Crippen LogP contribution in [0.1, 0.15) is 93.9 Å². The second-order valence-electron chi connectivity index (χ2n) is 18.9. The monoisotopic (exact) mass is 886 g/mol. The molecule has 15 heteroatoms. The molecular weight excluding hydrogens is 817 g/mol. The summed E-state index contributed by atoms with van der Waals surface area (Å²) in [5.74, 6) is -4.04. The summed E-state index contributed by atoms with van der Waals surface area (Å²) in [4.78, 5) is 27.9. The Kier molecular flexibility index (Phi) is 15.0. The molecule has 1 aliphatic carbocycles. The maximum Gasteiger partial charge on any atom is 0.337 e. The number of esters is 2. The Morgan fingerprint density at radius 1 is 0.857 bits per heavy atom. The molecule has 0 unspecified atom stereocenters. The second-order valence-corrected chi connectivity index (χ2v) is 18.9. The van der Waals surface area contributed by atoms with E-state index in [1.165, 1.54) is 12.2 Å². The summed E-state index contributed by atoms with van der Waals surface area (Å²) >= 11 is 0. The van der Waals surface area contributed by atoms with Gasteiger partial charge in [0, 0.05) is 51.7 Å². The lowest BCUT2D eigenvalue weighted by Crippen LogP contribution is -2.58. The normalized spacial score (nSPS) is 48.5. The van der Waals surface area contributed by atoms with Crippen molar-refractivity contribution in [2.75, 3.05) is 14.2 Å². The molecule has 6 heterocycles. The molecule has 2 bridgehead atoms. The summed E-state index contributed by atoms with van der Waals surface area (Å²) in [5, 5.41) is 34.1. The molecular formula is C48H70O15. The first-order chi connectivity index (χ1) is 29.9. The highest BCUT2D eigenvalue weighted by Gasteiger charge is 2.64. The number of carbonyl (C=O) groups excluding carboxylic acids is 2. The number of allylic oxidation sites excluding steroid dienone is 2. The number of fused-ring (bicyclic) bond motifs is 2. The lowest BCUT2D eigenvalue weighted by atomic mass is 9.70. The van der Waals surface area contributed by atoms with Crippen molar-refractivity contribution in [2.24, 2.45) is 23.7 Å². The highest BCUT2D eigenvalue weighted by molar-refractivity contribution is 5.97. The zero-order valence-corrected chi connectivity index (χ0v) is 38.4. The quantitative estimate of drug-likeness (QED) is 0.221. The lowest BCUT2D eigenvalue weighted by molar-refractivity contribution is -0.318. The third-order valence-corrected chi connectivity index (χ3v) is 14.4. The first-order valence-corrected chi connectivity index (χ1v) is 22.9. The Hall–Kier alpha value is -2.80. The molecule has 6 aliphatic heterocycles. The molecule has 7 aliphatic rings. The predicted octanol–water partition coefficient (Wildman–Crippen LogP) is 4.90. The van der Waals surface area contributed by atoms with E-state index in [-0.39, 0.29) is 35.9 Å². The predicted molar refractivity (Wildman–Crippen MR) is 227 cm³/mol. The van der Waals surface area contributed by atoms with Gasteiger partial charge in [-0.15, -0.1) is 0 Å². The van der Waals surface area contributed by atoms with Crippen LogP contribution in [-0.2, 0) is 57.0 Å². The van der Waals surface area contributed by atoms with Gasteiger partial charge in [0.25, 0.3) is 0 Å². The van der Waals surface area contributed by atoms with Crippen molar-refractivity contribution in [3.63, 3.8) is 0 Å². The maximum absolute atomic E-state index is 14.3. The smallest absolute Gasteiger partial charge is 0.337 e. The summed E-state index contributed by atoms with van der Waals surface area (Å²) in [7, 11) is 3.18. The minimum Gasteiger partial charge on any atom is -0.462 e. The molecule has 7 rings (SSSR count). The Balaban J connectivity index is 1.20. The van der Waals surface area contributed by atoms with Gasteiger partial charge in [0.2, 0.25) is 0 Å². The lowest BCUT2D eigenvalue weighted by Gasteiger charge is -2.48. The molecule has 0 aromatic rings. The van der Waals surface area contributed by atoms with Crippen molar-refractivity contribution in [1.29, 1.82) is 0 Å². The molecule has 0 aromatic heterocycles. The van der Waals surface area contributed by atoms with Crippen LogP contribution in [0.4, 0.5) is 0 Å². The van der Waals surface area contributed by atoms with Crippen molar-refractivity contribution in [1.82, 2.24) is 0 Å². The van der Waals surface area contributed by atoms with E-state index in [4.69, 9.17) is 47.4 Å². The van der Waals surface area contributed by atoms with E-state index in [2.05, 4.69) is 32.9 Å². The van der Waals surface area contributed by atoms with Gasteiger partial charge in [0.05, 0.1) is 48.3 Å². The van der Waals surface area contributed by atoms with E-state index < -0.39 is 109 Å². The number of carbonyl (C=O) groups is 2. The van der Waals surface area contributed by atoms with Crippen LogP contribution < -0.4 is 0 Å². The molecule has 0 aromatic carbocycles. The number of rotatable bonds is 8. The number of ether oxygens (including phenoxy) is 10. The van der Waals surface area contributed by atoms with Crippen molar-refractivity contribution in [2.45, 2.75) is 191 Å². The number of hydrogen-bond acceptors (Lipinski definition) is 15. The van der Waals surface area contributed by atoms with E-state index in [0.717, 1.165) is 12.0 Å². The average Bonchev–Trinajstić information content (AvgIpc) is 3.51. The molecule has 352 valence electrons. The number of aliphatic hydroxyl groups excluding tert-OH is 2. The molecule has 4 fully saturated rings. The Morgan fingerprint density at radius 3 is 2.27 bits per heavy atom. The number of aliphatic hydroxyl groups is 3. The molecule has 63 heavy (non-hydrogen) atoms. The van der Waals surface area contributed by atoms with Crippen molar-refractivity contribution < 1.29 is 72.3 Å². The van der Waals surface area contributed by atoms with Crippen LogP contribution in [0.25, 0.3) is 0 Å². The van der Waals surface area contributed by atoms with Gasteiger partial charge in [-0.2, -0.15) is 0 Å². The van der Waals surface area contributed by atoms with Crippen LogP contribution >= 0.6 is 0 Å². The van der Waals surface area contributed by atoms with E-state index in [9.17, 15) is 24.9 Å². The molecule has 4 saturated heterocycles. The fourth-order valence-corrected chi connectivity index (χ4v) is 10.5. The van der Waals surface area contributed by atoms with Crippen LogP contribution in [0, 0.1) is 23.7 Å². The van der Waals surface area contributed by atoms with Crippen molar-refractivity contribution in [3.8, 4) is 0 Å². The van der Waals surface area contributed by atoms with Gasteiger partial charge in [-0.05, 0) is 63.3 Å². The van der Waals surface area contributed by atoms with E-state index >= 15 is 0 Å². The fourth-order valence-electron chi connectivity index (χ4n) is 10.5. The van der Waals surface area contributed by atoms with Crippen molar-refractivity contribution in [3.05, 3.63) is 59.3 Å². The molecule has 1 spiro atoms. The fraction of sp³-hybridized carbons (Fsp3) is 0.750. The van der Waals surface area contributed by atoms with Gasteiger partial charge >= 0.3 is 11.9 Å². The topological polar surface area (TPSA) is 187 Å². The summed E-state index contributed by atoms with van der Waals surface area (Å²) in [5.41, 5.74) is -1.10. The minimum atomic E-state index is -2.21. The highest BCUT2D eigenvalue weighted by Crippen LogP contribution is 2.47. The van der Waals surface area contributed by atoms with Gasteiger partial charge in [-0.1, -0.05) is 64.5 Å². The van der Waals surface area contributed by atoms with Gasteiger partial charge < -0.3 is 62.7 Å². The second kappa shape index (κ2) is 19.6. The Labute approximate surface area is 371 Å². The van der Waals surface area contributed by atoms with Gasteiger partial charge in [0.1, 0.15) is 30.3 Å². The molecule has 0 amide bonds. The minimum absolute atomic E-state index is 0.135. The maximum atomic E-state index is 14.3. The van der Waals surface area contributed by atoms with Crippen LogP contribution in [0.2, 0.25) is 0 Å². The van der Waals surface area contributed by atoms with Gasteiger partial charge in [0.15, 0.2) is 30.1 Å². The van der Waals surface area contributed by atoms with Crippen LogP contribution in [0.15, 0.2) is 59.3 Å². The molecule has 20 atom stereocenters. The summed E-state index contributed by atoms with van der Waals surface area (Å²) < 4.78 is 63.0. The Bertz CT molecular complexity index is 1810. The van der Waals surface area contributed by atoms with Crippen LogP contribution in [0.3, 0.4) is 0 Å². The summed E-state index contributed by atoms with van der Waals surface area (Å²) in [6.45, 7) is 15.7. The third kappa shape index (κ3) is 9.72. The summed E-state index contributed by atoms with van der Waals surface area (Å²) in [6, 6.07) is 0. The first kappa shape index (κ1) is 48.1. The zero-order chi connectivity index (χ0) is 45.5. The van der Waals surface area contributed by atoms with Crippen molar-refractivity contribution >= 4 is 11.9 Å². The number of methoxy groups -OCH3 is 2. The zero-order valence-electron chi connectivity index (χ0n) is 38.4. The van der Waals surface area contributed by atoms with E-state index in [1.807, 2.05) is 32.9 Å². The first-order valence-electron chi connectivity index (χ1n) is 22.9. The molecule has 15 nitrogen and oxygen atoms in total. The van der Waals surface area contributed by atoms with E-state index in [0.29, 0.717) is 31.3 Å². The largest absolute Gasteiger partial charge is 0.462 e. The highest BCUT2D eigenvalue weighted by atomic mass is 16.7. The Morgan fingerprint density at radius 2 is 1.56 bits per heavy atom. The van der Waals surface area contributed by atoms with Gasteiger partial charge in [-0.3, -0.25) is 4.79 Å². The molecule has 0 radical (unpaired) electrons. The third-order valence-electron chi connectivity index (χ3n) is 14.4. The van der Waals surface area contributed by atoms with Crippen LogP contribution in [0.5, 0.6) is 0 Å². The van der Waals surface area contributed by atoms with Gasteiger partial charge in [-0.25, -0.2) is 4.79 Å². The molecule has 0 saturated carbocycles. The number of hydrogen-bond donors (Lipinski definition) is 3. The average molecular weight is 887 g/mol. The summed E-state index contributed by atoms with van der Waals surface area (Å²) in [6.07, 6.45) is 6.14. The van der Waals surface area contributed by atoms with E-state index in [1.54, 1.807) is 34.1 Å². The SMILES string of the molecule is CC[C@H](C)[C@H]1O[C@]2(C=C[C@@H]1C)C[C@@H]1C[C@@H](C/C=C(/C)[C@@H](O[C@H]3C[C@H](OC)[C@@H](O[C@H]4C[C@H](OC)[C@@H](O)[C@H](C)O4)[C@H](C)O3)[C@@H](C)/C=C\C=C3\C(=O)O[C@@H]4[C@H](O)C(C)=C[C@@H](C(=O)O1)[C@]34O)O2. The standard InChI is InChI=1S/C48H70O15/c1-11-24(2)42-27(5)17-18-47(63-42)23-32-20-31(62-47)16-15-26(4)41(59-38-22-36(55-10)43(30(8)57-38)60-37-21-35(54-9)40(50)29(7)56-37)25(3)13-12-14-33-45(51)61-44-39(49)28(6)19-34(46(52)58-32)48(33,44)53/h12-15,17-19,24-25,27,29-32,34-44,49-50,53H,11,16,20-23H2,1-10H3/b13-12-,26-15-,33-14-/t24-,25-,27-,29-,30-,31+,32-,34-,35-,36-,37-,38-,39+,40-,41-,42+,43-,44+,47+,48+/m0/s1.